The average Bonchev–Trinajstić information content (AvgIpc) is 3.10. The molecule has 2 aromatic carbocycles. The highest BCUT2D eigenvalue weighted by molar-refractivity contribution is 5.43. The topological polar surface area (TPSA) is 59.8 Å². The minimum Gasteiger partial charge on any atom is -0.435 e. The van der Waals surface area contributed by atoms with Gasteiger partial charge in [0.2, 0.25) is 5.88 Å². The van der Waals surface area contributed by atoms with Crippen molar-refractivity contribution in [2.24, 2.45) is 11.8 Å². The van der Waals surface area contributed by atoms with Crippen LogP contribution in [0, 0.1) is 24.6 Å². The van der Waals surface area contributed by atoms with Crippen molar-refractivity contribution >= 4 is 0 Å². The summed E-state index contributed by atoms with van der Waals surface area (Å²) in [5, 5.41) is 15.4. The van der Waals surface area contributed by atoms with E-state index in [1.165, 1.54) is 6.07 Å². The quantitative estimate of drug-likeness (QED) is 0.343. The zero-order valence-electron chi connectivity index (χ0n) is 21.4. The first-order chi connectivity index (χ1) is 16.7. The van der Waals surface area contributed by atoms with Gasteiger partial charge in [0.15, 0.2) is 11.6 Å². The number of aryl methyl sites for hydroxylation is 1. The lowest BCUT2D eigenvalue weighted by Crippen LogP contribution is -2.37. The minimum atomic E-state index is -0.618. The number of hydrogen-bond donors (Lipinski definition) is 1. The van der Waals surface area contributed by atoms with Gasteiger partial charge in [-0.2, -0.15) is 5.10 Å². The van der Waals surface area contributed by atoms with E-state index in [0.717, 1.165) is 23.5 Å². The highest BCUT2D eigenvalue weighted by Crippen LogP contribution is 2.33. The largest absolute Gasteiger partial charge is 0.435 e. The Morgan fingerprint density at radius 2 is 1.63 bits per heavy atom. The number of aromatic nitrogens is 2. The Morgan fingerprint density at radius 3 is 2.29 bits per heavy atom. The first-order valence-electron chi connectivity index (χ1n) is 12.3. The van der Waals surface area contributed by atoms with E-state index in [-0.39, 0.29) is 12.4 Å². The van der Waals surface area contributed by atoms with Gasteiger partial charge >= 0.3 is 0 Å². The predicted molar refractivity (Wildman–Crippen MR) is 137 cm³/mol. The number of ether oxygens (including phenoxy) is 2. The molecular weight excluding hydrogens is 445 g/mol. The van der Waals surface area contributed by atoms with Crippen LogP contribution in [0.5, 0.6) is 11.6 Å². The molecule has 0 saturated carbocycles. The van der Waals surface area contributed by atoms with Crippen LogP contribution in [0.4, 0.5) is 4.39 Å². The standard InChI is InChI=1S/C28H38FN3O3/c1-20(2)15-31(16-24(33)19-34-18-21(3)4)17-25-22(5)30-32(23-11-7-6-8-12-23)28(25)35-27-14-10-9-13-26(27)29/h6-14,20-21,24,33H,15-19H2,1-5H3/t24-/m1/s1. The Labute approximate surface area is 208 Å². The van der Waals surface area contributed by atoms with Crippen LogP contribution in [0.25, 0.3) is 5.69 Å². The first-order valence-corrected chi connectivity index (χ1v) is 12.3. The van der Waals surface area contributed by atoms with E-state index in [1.807, 2.05) is 37.3 Å². The number of nitrogens with zero attached hydrogens (tertiary/aromatic N) is 3. The lowest BCUT2D eigenvalue weighted by atomic mass is 10.1. The SMILES string of the molecule is Cc1nn(-c2ccccc2)c(Oc2ccccc2F)c1CN(CC(C)C)C[C@@H](O)COCC(C)C. The molecule has 1 heterocycles. The average molecular weight is 484 g/mol. The van der Waals surface area contributed by atoms with Crippen molar-refractivity contribution in [2.45, 2.75) is 47.3 Å². The van der Waals surface area contributed by atoms with Crippen molar-refractivity contribution in [1.29, 1.82) is 0 Å². The summed E-state index contributed by atoms with van der Waals surface area (Å²) in [5.74, 6) is 0.980. The molecule has 35 heavy (non-hydrogen) atoms. The van der Waals surface area contributed by atoms with Crippen LogP contribution < -0.4 is 4.74 Å². The van der Waals surface area contributed by atoms with Crippen LogP contribution in [-0.2, 0) is 11.3 Å². The molecule has 0 bridgehead atoms. The van der Waals surface area contributed by atoms with Gasteiger partial charge in [-0.3, -0.25) is 4.90 Å². The Morgan fingerprint density at radius 1 is 0.943 bits per heavy atom. The molecule has 0 radical (unpaired) electrons. The highest BCUT2D eigenvalue weighted by Gasteiger charge is 2.24. The second-order valence-corrected chi connectivity index (χ2v) is 9.82. The minimum absolute atomic E-state index is 0.142. The molecule has 1 atom stereocenters. The maximum atomic E-state index is 14.5. The van der Waals surface area contributed by atoms with E-state index in [4.69, 9.17) is 14.6 Å². The molecule has 0 aliphatic carbocycles. The maximum Gasteiger partial charge on any atom is 0.227 e. The Kier molecular flexibility index (Phi) is 9.83. The molecule has 1 N–H and O–H groups in total. The summed E-state index contributed by atoms with van der Waals surface area (Å²) in [5.41, 5.74) is 2.47. The van der Waals surface area contributed by atoms with Crippen LogP contribution in [0.3, 0.4) is 0 Å². The molecule has 3 rings (SSSR count). The third kappa shape index (κ3) is 7.88. The number of aliphatic hydroxyl groups is 1. The van der Waals surface area contributed by atoms with E-state index in [9.17, 15) is 9.50 Å². The summed E-state index contributed by atoms with van der Waals surface area (Å²) < 4.78 is 28.0. The highest BCUT2D eigenvalue weighted by atomic mass is 19.1. The second-order valence-electron chi connectivity index (χ2n) is 9.82. The van der Waals surface area contributed by atoms with Gasteiger partial charge in [0.25, 0.3) is 0 Å². The zero-order valence-corrected chi connectivity index (χ0v) is 21.4. The molecule has 0 spiro atoms. The molecule has 7 heteroatoms. The van der Waals surface area contributed by atoms with E-state index < -0.39 is 11.9 Å². The number of aliphatic hydroxyl groups excluding tert-OH is 1. The van der Waals surface area contributed by atoms with Crippen LogP contribution in [-0.4, -0.2) is 52.2 Å². The van der Waals surface area contributed by atoms with E-state index in [1.54, 1.807) is 22.9 Å². The lowest BCUT2D eigenvalue weighted by Gasteiger charge is -2.27. The van der Waals surface area contributed by atoms with Crippen LogP contribution >= 0.6 is 0 Å². The molecule has 0 fully saturated rings. The number of halogens is 1. The Balaban J connectivity index is 1.91. The van der Waals surface area contributed by atoms with Gasteiger partial charge in [-0.15, -0.1) is 0 Å². The van der Waals surface area contributed by atoms with Gasteiger partial charge in [0.05, 0.1) is 29.7 Å². The van der Waals surface area contributed by atoms with Gasteiger partial charge in [0, 0.05) is 26.2 Å². The van der Waals surface area contributed by atoms with Crippen molar-refractivity contribution in [3.8, 4) is 17.3 Å². The summed E-state index contributed by atoms with van der Waals surface area (Å²) in [6.07, 6.45) is -0.618. The van der Waals surface area contributed by atoms with Crippen molar-refractivity contribution in [3.63, 3.8) is 0 Å². The molecule has 6 nitrogen and oxygen atoms in total. The maximum absolute atomic E-state index is 14.5. The fourth-order valence-electron chi connectivity index (χ4n) is 3.94. The summed E-state index contributed by atoms with van der Waals surface area (Å²) in [6.45, 7) is 13.0. The number of benzene rings is 2. The van der Waals surface area contributed by atoms with Gasteiger partial charge in [-0.25, -0.2) is 9.07 Å². The normalized spacial score (nSPS) is 12.6. The fraction of sp³-hybridized carbons (Fsp3) is 0.464. The molecule has 0 unspecified atom stereocenters. The predicted octanol–water partition coefficient (Wildman–Crippen LogP) is 5.60. The smallest absolute Gasteiger partial charge is 0.227 e. The van der Waals surface area contributed by atoms with Crippen molar-refractivity contribution < 1.29 is 19.0 Å². The number of hydrogen-bond acceptors (Lipinski definition) is 5. The third-order valence-electron chi connectivity index (χ3n) is 5.42. The number of para-hydroxylation sites is 2. The molecule has 0 amide bonds. The van der Waals surface area contributed by atoms with Crippen LogP contribution in [0.15, 0.2) is 54.6 Å². The Hall–Kier alpha value is -2.74. The van der Waals surface area contributed by atoms with Gasteiger partial charge in [0.1, 0.15) is 0 Å². The van der Waals surface area contributed by atoms with Crippen LogP contribution in [0.2, 0.25) is 0 Å². The second kappa shape index (κ2) is 12.8. The fourth-order valence-corrected chi connectivity index (χ4v) is 3.94. The van der Waals surface area contributed by atoms with Gasteiger partial charge in [-0.05, 0) is 43.0 Å². The van der Waals surface area contributed by atoms with Crippen molar-refractivity contribution in [2.75, 3.05) is 26.3 Å². The summed E-state index contributed by atoms with van der Waals surface area (Å²) in [6, 6.07) is 16.0. The molecule has 0 aliphatic heterocycles. The lowest BCUT2D eigenvalue weighted by molar-refractivity contribution is 0.00511. The van der Waals surface area contributed by atoms with Crippen LogP contribution in [0.1, 0.15) is 39.0 Å². The monoisotopic (exact) mass is 483 g/mol. The van der Waals surface area contributed by atoms with E-state index in [2.05, 4.69) is 32.6 Å². The van der Waals surface area contributed by atoms with E-state index in [0.29, 0.717) is 37.4 Å². The molecule has 3 aromatic rings. The van der Waals surface area contributed by atoms with Crippen molar-refractivity contribution in [3.05, 3.63) is 71.7 Å². The molecule has 1 aromatic heterocycles. The molecular formula is C28H38FN3O3. The molecule has 190 valence electrons. The Bertz CT molecular complexity index is 1050. The molecule has 0 saturated heterocycles. The summed E-state index contributed by atoms with van der Waals surface area (Å²) >= 11 is 0. The van der Waals surface area contributed by atoms with E-state index >= 15 is 0 Å². The van der Waals surface area contributed by atoms with Gasteiger partial charge in [-0.1, -0.05) is 58.0 Å². The zero-order chi connectivity index (χ0) is 25.4. The summed E-state index contributed by atoms with van der Waals surface area (Å²) in [4.78, 5) is 2.18. The number of rotatable bonds is 13. The van der Waals surface area contributed by atoms with Crippen molar-refractivity contribution in [1.82, 2.24) is 14.7 Å². The first kappa shape index (κ1) is 26.9. The summed E-state index contributed by atoms with van der Waals surface area (Å²) in [7, 11) is 0. The van der Waals surface area contributed by atoms with Gasteiger partial charge < -0.3 is 14.6 Å². The molecule has 0 aliphatic rings. The third-order valence-corrected chi connectivity index (χ3v) is 5.42.